The van der Waals surface area contributed by atoms with Gasteiger partial charge in [0.25, 0.3) is 0 Å². The number of hydrogen-bond donors (Lipinski definition) is 1. The van der Waals surface area contributed by atoms with E-state index in [1.165, 1.54) is 0 Å². The SMILES string of the molecule is CCCCNC(=O)N1CCSC1c1ccc(OC)c(OCc2ccccc2)c1. The van der Waals surface area contributed by atoms with Crippen molar-refractivity contribution < 1.29 is 14.3 Å². The van der Waals surface area contributed by atoms with E-state index in [2.05, 4.69) is 12.2 Å². The molecule has 0 aliphatic carbocycles. The number of hydrogen-bond acceptors (Lipinski definition) is 4. The number of benzene rings is 2. The summed E-state index contributed by atoms with van der Waals surface area (Å²) < 4.78 is 11.5. The number of nitrogens with one attached hydrogen (secondary N) is 1. The maximum Gasteiger partial charge on any atom is 0.318 e. The third-order valence-electron chi connectivity index (χ3n) is 4.67. The van der Waals surface area contributed by atoms with Crippen LogP contribution in [-0.2, 0) is 6.61 Å². The van der Waals surface area contributed by atoms with E-state index >= 15 is 0 Å². The van der Waals surface area contributed by atoms with Crippen molar-refractivity contribution >= 4 is 17.8 Å². The fourth-order valence-electron chi connectivity index (χ4n) is 3.12. The summed E-state index contributed by atoms with van der Waals surface area (Å²) in [4.78, 5) is 14.5. The van der Waals surface area contributed by atoms with E-state index in [9.17, 15) is 4.79 Å². The van der Waals surface area contributed by atoms with E-state index in [0.717, 1.165) is 42.8 Å². The Morgan fingerprint density at radius 3 is 2.79 bits per heavy atom. The predicted molar refractivity (Wildman–Crippen MR) is 114 cm³/mol. The van der Waals surface area contributed by atoms with Gasteiger partial charge in [-0.3, -0.25) is 0 Å². The van der Waals surface area contributed by atoms with Crippen LogP contribution in [0, 0.1) is 0 Å². The zero-order valence-corrected chi connectivity index (χ0v) is 17.3. The van der Waals surface area contributed by atoms with Crippen molar-refractivity contribution in [2.45, 2.75) is 31.7 Å². The van der Waals surface area contributed by atoms with Crippen LogP contribution in [0.15, 0.2) is 48.5 Å². The normalized spacial score (nSPS) is 16.1. The zero-order chi connectivity index (χ0) is 19.8. The van der Waals surface area contributed by atoms with Crippen LogP contribution in [0.4, 0.5) is 4.79 Å². The van der Waals surface area contributed by atoms with Crippen LogP contribution in [0.2, 0.25) is 0 Å². The van der Waals surface area contributed by atoms with Crippen molar-refractivity contribution in [1.29, 1.82) is 0 Å². The van der Waals surface area contributed by atoms with Crippen molar-refractivity contribution in [3.63, 3.8) is 0 Å². The topological polar surface area (TPSA) is 50.8 Å². The van der Waals surface area contributed by atoms with Gasteiger partial charge in [-0.15, -0.1) is 11.8 Å². The number of carbonyl (C=O) groups is 1. The van der Waals surface area contributed by atoms with Gasteiger partial charge in [0.05, 0.1) is 7.11 Å². The molecule has 2 aromatic rings. The van der Waals surface area contributed by atoms with Gasteiger partial charge in [0.15, 0.2) is 11.5 Å². The van der Waals surface area contributed by atoms with Gasteiger partial charge in [0.1, 0.15) is 12.0 Å². The summed E-state index contributed by atoms with van der Waals surface area (Å²) in [6.45, 7) is 4.06. The average Bonchev–Trinajstić information content (AvgIpc) is 3.23. The molecule has 0 saturated carbocycles. The molecule has 150 valence electrons. The minimum absolute atomic E-state index is 0.00558. The highest BCUT2D eigenvalue weighted by Gasteiger charge is 2.31. The number of carbonyl (C=O) groups excluding carboxylic acids is 1. The highest BCUT2D eigenvalue weighted by molar-refractivity contribution is 7.99. The molecule has 1 N–H and O–H groups in total. The summed E-state index contributed by atoms with van der Waals surface area (Å²) in [7, 11) is 1.64. The summed E-state index contributed by atoms with van der Waals surface area (Å²) in [6, 6.07) is 16.0. The number of amides is 2. The maximum absolute atomic E-state index is 12.6. The highest BCUT2D eigenvalue weighted by Crippen LogP contribution is 2.41. The van der Waals surface area contributed by atoms with Crippen molar-refractivity contribution in [2.75, 3.05) is 26.0 Å². The van der Waals surface area contributed by atoms with E-state index in [1.807, 2.05) is 53.4 Å². The number of rotatable bonds is 8. The van der Waals surface area contributed by atoms with E-state index in [4.69, 9.17) is 9.47 Å². The molecule has 3 rings (SSSR count). The maximum atomic E-state index is 12.6. The zero-order valence-electron chi connectivity index (χ0n) is 16.5. The molecular formula is C22H28N2O3S. The van der Waals surface area contributed by atoms with E-state index in [-0.39, 0.29) is 11.4 Å². The summed E-state index contributed by atoms with van der Waals surface area (Å²) >= 11 is 1.78. The second kappa shape index (κ2) is 10.3. The Kier molecular flexibility index (Phi) is 7.48. The first-order valence-corrected chi connectivity index (χ1v) is 10.8. The van der Waals surface area contributed by atoms with Crippen LogP contribution < -0.4 is 14.8 Å². The third-order valence-corrected chi connectivity index (χ3v) is 5.93. The smallest absolute Gasteiger partial charge is 0.318 e. The van der Waals surface area contributed by atoms with Gasteiger partial charge < -0.3 is 19.7 Å². The molecule has 1 aliphatic heterocycles. The van der Waals surface area contributed by atoms with Gasteiger partial charge in [-0.2, -0.15) is 0 Å². The Balaban J connectivity index is 1.73. The molecule has 0 aromatic heterocycles. The van der Waals surface area contributed by atoms with Crippen LogP contribution in [0.3, 0.4) is 0 Å². The monoisotopic (exact) mass is 400 g/mol. The number of urea groups is 1. The van der Waals surface area contributed by atoms with Crippen LogP contribution >= 0.6 is 11.8 Å². The number of ether oxygens (including phenoxy) is 2. The molecule has 1 aliphatic rings. The first-order valence-electron chi connectivity index (χ1n) is 9.73. The lowest BCUT2D eigenvalue weighted by atomic mass is 10.1. The molecule has 1 fully saturated rings. The molecule has 5 nitrogen and oxygen atoms in total. The summed E-state index contributed by atoms with van der Waals surface area (Å²) in [5.41, 5.74) is 2.15. The highest BCUT2D eigenvalue weighted by atomic mass is 32.2. The Morgan fingerprint density at radius 1 is 1.21 bits per heavy atom. The molecule has 6 heteroatoms. The molecule has 1 heterocycles. The Hall–Kier alpha value is -2.34. The second-order valence-electron chi connectivity index (χ2n) is 6.69. The van der Waals surface area contributed by atoms with Gasteiger partial charge in [-0.1, -0.05) is 49.7 Å². The number of thioether (sulfide) groups is 1. The Bertz CT molecular complexity index is 770. The van der Waals surface area contributed by atoms with Crippen LogP contribution in [-0.4, -0.2) is 36.9 Å². The molecule has 0 radical (unpaired) electrons. The van der Waals surface area contributed by atoms with Gasteiger partial charge >= 0.3 is 6.03 Å². The third kappa shape index (κ3) is 5.13. The quantitative estimate of drug-likeness (QED) is 0.645. The lowest BCUT2D eigenvalue weighted by Crippen LogP contribution is -2.39. The van der Waals surface area contributed by atoms with Gasteiger partial charge in [-0.05, 0) is 29.7 Å². The molecule has 0 bridgehead atoms. The molecule has 2 aromatic carbocycles. The standard InChI is InChI=1S/C22H28N2O3S/c1-3-4-12-23-22(25)24-13-14-28-21(24)18-10-11-19(26-2)20(15-18)27-16-17-8-6-5-7-9-17/h5-11,15,21H,3-4,12-14,16H2,1-2H3,(H,23,25). The van der Waals surface area contributed by atoms with E-state index in [0.29, 0.717) is 18.1 Å². The fraction of sp³-hybridized carbons (Fsp3) is 0.409. The van der Waals surface area contributed by atoms with E-state index in [1.54, 1.807) is 18.9 Å². The summed E-state index contributed by atoms with van der Waals surface area (Å²) in [5.74, 6) is 2.32. The molecule has 1 atom stereocenters. The number of unbranched alkanes of at least 4 members (excludes halogenated alkanes) is 1. The minimum atomic E-state index is -0.00777. The lowest BCUT2D eigenvalue weighted by Gasteiger charge is -2.25. The Labute approximate surface area is 171 Å². The molecule has 28 heavy (non-hydrogen) atoms. The van der Waals surface area contributed by atoms with Crippen molar-refractivity contribution in [3.8, 4) is 11.5 Å². The van der Waals surface area contributed by atoms with Crippen molar-refractivity contribution in [3.05, 3.63) is 59.7 Å². The number of nitrogens with zero attached hydrogens (tertiary/aromatic N) is 1. The summed E-state index contributed by atoms with van der Waals surface area (Å²) in [5, 5.41) is 3.02. The molecule has 0 spiro atoms. The second-order valence-corrected chi connectivity index (χ2v) is 7.87. The molecule has 1 unspecified atom stereocenters. The van der Waals surface area contributed by atoms with Crippen LogP contribution in [0.5, 0.6) is 11.5 Å². The molecular weight excluding hydrogens is 372 g/mol. The predicted octanol–water partition coefficient (Wildman–Crippen LogP) is 4.83. The Morgan fingerprint density at radius 2 is 2.04 bits per heavy atom. The fourth-order valence-corrected chi connectivity index (χ4v) is 4.37. The largest absolute Gasteiger partial charge is 0.493 e. The van der Waals surface area contributed by atoms with Crippen LogP contribution in [0.25, 0.3) is 0 Å². The van der Waals surface area contributed by atoms with Gasteiger partial charge in [-0.25, -0.2) is 4.79 Å². The minimum Gasteiger partial charge on any atom is -0.493 e. The summed E-state index contributed by atoms with van der Waals surface area (Å²) in [6.07, 6.45) is 2.07. The average molecular weight is 401 g/mol. The van der Waals surface area contributed by atoms with Gasteiger partial charge in [0.2, 0.25) is 0 Å². The van der Waals surface area contributed by atoms with E-state index < -0.39 is 0 Å². The van der Waals surface area contributed by atoms with Crippen molar-refractivity contribution in [1.82, 2.24) is 10.2 Å². The molecule has 2 amide bonds. The number of methoxy groups -OCH3 is 1. The first kappa shape index (κ1) is 20.4. The lowest BCUT2D eigenvalue weighted by molar-refractivity contribution is 0.200. The van der Waals surface area contributed by atoms with Crippen molar-refractivity contribution in [2.24, 2.45) is 0 Å². The molecule has 1 saturated heterocycles. The first-order chi connectivity index (χ1) is 13.7. The van der Waals surface area contributed by atoms with Crippen LogP contribution in [0.1, 0.15) is 36.3 Å². The van der Waals surface area contributed by atoms with Gasteiger partial charge in [0, 0.05) is 18.8 Å².